The monoisotopic (exact) mass is 428 g/mol. The van der Waals surface area contributed by atoms with Crippen LogP contribution in [-0.2, 0) is 16.1 Å². The Morgan fingerprint density at radius 2 is 1.88 bits per heavy atom. The number of methoxy groups -OCH3 is 1. The summed E-state index contributed by atoms with van der Waals surface area (Å²) in [7, 11) is 1.57. The highest BCUT2D eigenvalue weighted by Crippen LogP contribution is 2.30. The van der Waals surface area contributed by atoms with Crippen molar-refractivity contribution < 1.29 is 19.0 Å². The number of hydrogen-bond acceptors (Lipinski definition) is 5. The largest absolute Gasteiger partial charge is 0.493 e. The summed E-state index contributed by atoms with van der Waals surface area (Å²) < 4.78 is 16.8. The van der Waals surface area contributed by atoms with Crippen LogP contribution < -0.4 is 9.47 Å². The number of morpholine rings is 1. The maximum atomic E-state index is 12.6. The number of benzene rings is 3. The number of amides is 1. The zero-order valence-electron chi connectivity index (χ0n) is 17.9. The predicted molar refractivity (Wildman–Crippen MR) is 122 cm³/mol. The van der Waals surface area contributed by atoms with E-state index in [2.05, 4.69) is 18.2 Å². The lowest BCUT2D eigenvalue weighted by Gasteiger charge is -2.26. The first-order chi connectivity index (χ1) is 15.7. The smallest absolute Gasteiger partial charge is 0.264 e. The Labute approximate surface area is 187 Å². The van der Waals surface area contributed by atoms with E-state index in [4.69, 9.17) is 14.2 Å². The molecule has 162 valence electrons. The Morgan fingerprint density at radius 1 is 1.09 bits per heavy atom. The van der Waals surface area contributed by atoms with E-state index in [9.17, 15) is 10.1 Å². The van der Waals surface area contributed by atoms with E-state index >= 15 is 0 Å². The van der Waals surface area contributed by atoms with Crippen molar-refractivity contribution in [2.75, 3.05) is 33.4 Å². The molecule has 4 rings (SSSR count). The van der Waals surface area contributed by atoms with Crippen molar-refractivity contribution in [3.63, 3.8) is 0 Å². The van der Waals surface area contributed by atoms with Gasteiger partial charge in [0.1, 0.15) is 18.2 Å². The second-order valence-electron chi connectivity index (χ2n) is 7.41. The van der Waals surface area contributed by atoms with E-state index in [-0.39, 0.29) is 11.5 Å². The number of nitrogens with zero attached hydrogens (tertiary/aromatic N) is 2. The predicted octanol–water partition coefficient (Wildman–Crippen LogP) is 4.19. The Morgan fingerprint density at radius 3 is 2.66 bits per heavy atom. The van der Waals surface area contributed by atoms with Crippen molar-refractivity contribution in [2.45, 2.75) is 6.61 Å². The van der Waals surface area contributed by atoms with Gasteiger partial charge in [-0.15, -0.1) is 0 Å². The molecule has 6 nitrogen and oxygen atoms in total. The number of hydrogen-bond donors (Lipinski definition) is 0. The lowest BCUT2D eigenvalue weighted by molar-refractivity contribution is -0.130. The minimum absolute atomic E-state index is 0.0818. The van der Waals surface area contributed by atoms with Crippen LogP contribution in [0.2, 0.25) is 0 Å². The van der Waals surface area contributed by atoms with Gasteiger partial charge in [0.05, 0.1) is 20.3 Å². The second-order valence-corrected chi connectivity index (χ2v) is 7.41. The summed E-state index contributed by atoms with van der Waals surface area (Å²) in [6, 6.07) is 21.7. The molecule has 3 aromatic rings. The van der Waals surface area contributed by atoms with Gasteiger partial charge in [-0.05, 0) is 40.1 Å². The molecular weight excluding hydrogens is 404 g/mol. The molecule has 1 aliphatic rings. The van der Waals surface area contributed by atoms with Gasteiger partial charge in [0, 0.05) is 13.1 Å². The van der Waals surface area contributed by atoms with Gasteiger partial charge >= 0.3 is 0 Å². The van der Waals surface area contributed by atoms with Crippen molar-refractivity contribution >= 4 is 22.8 Å². The highest BCUT2D eigenvalue weighted by atomic mass is 16.5. The van der Waals surface area contributed by atoms with E-state index in [1.807, 2.05) is 36.4 Å². The Bertz CT molecular complexity index is 1180. The van der Waals surface area contributed by atoms with Crippen LogP contribution in [0, 0.1) is 11.3 Å². The number of carbonyl (C=O) groups is 1. The average Bonchev–Trinajstić information content (AvgIpc) is 2.86. The summed E-state index contributed by atoms with van der Waals surface area (Å²) in [5.41, 5.74) is 1.85. The van der Waals surface area contributed by atoms with Gasteiger partial charge in [-0.2, -0.15) is 5.26 Å². The molecule has 0 bridgehead atoms. The summed E-state index contributed by atoms with van der Waals surface area (Å²) >= 11 is 0. The molecule has 1 amide bonds. The van der Waals surface area contributed by atoms with Crippen LogP contribution in [0.3, 0.4) is 0 Å². The quantitative estimate of drug-likeness (QED) is 0.435. The van der Waals surface area contributed by atoms with Gasteiger partial charge in [0.2, 0.25) is 0 Å². The topological polar surface area (TPSA) is 71.8 Å². The normalized spacial score (nSPS) is 14.1. The zero-order valence-corrected chi connectivity index (χ0v) is 17.9. The minimum Gasteiger partial charge on any atom is -0.493 e. The molecular formula is C26H24N2O4. The molecule has 0 aliphatic carbocycles. The van der Waals surface area contributed by atoms with Crippen LogP contribution in [0.4, 0.5) is 0 Å². The van der Waals surface area contributed by atoms with Gasteiger partial charge in [0.15, 0.2) is 11.5 Å². The van der Waals surface area contributed by atoms with Gasteiger partial charge in [-0.25, -0.2) is 0 Å². The Kier molecular flexibility index (Phi) is 6.69. The standard InChI is InChI=1S/C26H24N2O4/c1-30-25-16-19(15-22(17-27)26(29)28-11-13-31-14-12-28)9-10-24(25)32-18-21-7-4-6-20-5-2-3-8-23(20)21/h2-10,15-16H,11-14,18H2,1H3/b22-15+. The maximum absolute atomic E-state index is 12.6. The molecule has 0 spiro atoms. The third-order valence-corrected chi connectivity index (χ3v) is 5.41. The summed E-state index contributed by atoms with van der Waals surface area (Å²) in [5, 5.41) is 11.8. The first-order valence-corrected chi connectivity index (χ1v) is 10.5. The first kappa shape index (κ1) is 21.4. The Hall–Kier alpha value is -3.82. The number of nitriles is 1. The molecule has 1 fully saturated rings. The van der Waals surface area contributed by atoms with Gasteiger partial charge < -0.3 is 19.1 Å². The minimum atomic E-state index is -0.286. The van der Waals surface area contributed by atoms with Crippen molar-refractivity contribution in [1.29, 1.82) is 5.26 Å². The van der Waals surface area contributed by atoms with Gasteiger partial charge in [-0.1, -0.05) is 48.5 Å². The highest BCUT2D eigenvalue weighted by molar-refractivity contribution is 6.01. The highest BCUT2D eigenvalue weighted by Gasteiger charge is 2.20. The lowest BCUT2D eigenvalue weighted by Crippen LogP contribution is -2.41. The fourth-order valence-electron chi connectivity index (χ4n) is 3.71. The molecule has 32 heavy (non-hydrogen) atoms. The van der Waals surface area contributed by atoms with E-state index in [1.165, 1.54) is 0 Å². The van der Waals surface area contributed by atoms with Crippen molar-refractivity contribution in [1.82, 2.24) is 4.90 Å². The first-order valence-electron chi connectivity index (χ1n) is 10.5. The van der Waals surface area contributed by atoms with E-state index < -0.39 is 0 Å². The summed E-state index contributed by atoms with van der Waals surface area (Å²) in [6.45, 7) is 2.35. The van der Waals surface area contributed by atoms with Crippen LogP contribution in [-0.4, -0.2) is 44.2 Å². The molecule has 3 aromatic carbocycles. The molecule has 0 aromatic heterocycles. The van der Waals surface area contributed by atoms with Crippen molar-refractivity contribution in [3.8, 4) is 17.6 Å². The summed E-state index contributed by atoms with van der Waals surface area (Å²) in [5.74, 6) is 0.844. The maximum Gasteiger partial charge on any atom is 0.264 e. The fraction of sp³-hybridized carbons (Fsp3) is 0.231. The number of carbonyl (C=O) groups excluding carboxylic acids is 1. The summed E-state index contributed by atoms with van der Waals surface area (Å²) in [4.78, 5) is 14.3. The molecule has 1 saturated heterocycles. The molecule has 0 unspecified atom stereocenters. The van der Waals surface area contributed by atoms with Crippen LogP contribution in [0.1, 0.15) is 11.1 Å². The van der Waals surface area contributed by atoms with E-state index in [1.54, 1.807) is 30.2 Å². The number of rotatable bonds is 6. The van der Waals surface area contributed by atoms with Crippen molar-refractivity contribution in [3.05, 3.63) is 77.4 Å². The molecule has 0 atom stereocenters. The zero-order chi connectivity index (χ0) is 22.3. The van der Waals surface area contributed by atoms with Crippen LogP contribution in [0.25, 0.3) is 16.8 Å². The van der Waals surface area contributed by atoms with E-state index in [0.29, 0.717) is 50.0 Å². The molecule has 1 heterocycles. The van der Waals surface area contributed by atoms with Crippen LogP contribution in [0.15, 0.2) is 66.2 Å². The Balaban J connectivity index is 1.52. The fourth-order valence-corrected chi connectivity index (χ4v) is 3.71. The second kappa shape index (κ2) is 9.99. The van der Waals surface area contributed by atoms with Gasteiger partial charge in [0.25, 0.3) is 5.91 Å². The molecule has 0 radical (unpaired) electrons. The summed E-state index contributed by atoms with van der Waals surface area (Å²) in [6.07, 6.45) is 1.58. The average molecular weight is 428 g/mol. The van der Waals surface area contributed by atoms with Crippen molar-refractivity contribution in [2.24, 2.45) is 0 Å². The molecule has 1 aliphatic heterocycles. The van der Waals surface area contributed by atoms with E-state index in [0.717, 1.165) is 16.3 Å². The van der Waals surface area contributed by atoms with Crippen LogP contribution >= 0.6 is 0 Å². The molecule has 6 heteroatoms. The number of ether oxygens (including phenoxy) is 3. The molecule has 0 N–H and O–H groups in total. The third kappa shape index (κ3) is 4.74. The van der Waals surface area contributed by atoms with Gasteiger partial charge in [-0.3, -0.25) is 4.79 Å². The SMILES string of the molecule is COc1cc(/C=C(\C#N)C(=O)N2CCOCC2)ccc1OCc1cccc2ccccc12. The molecule has 0 saturated carbocycles. The lowest BCUT2D eigenvalue weighted by atomic mass is 10.1. The number of fused-ring (bicyclic) bond motifs is 1. The third-order valence-electron chi connectivity index (χ3n) is 5.41. The van der Waals surface area contributed by atoms with Crippen LogP contribution in [0.5, 0.6) is 11.5 Å².